The number of rotatable bonds is 5. The summed E-state index contributed by atoms with van der Waals surface area (Å²) < 4.78 is 5.49. The van der Waals surface area contributed by atoms with Gasteiger partial charge in [-0.3, -0.25) is 9.88 Å². The van der Waals surface area contributed by atoms with Crippen molar-refractivity contribution in [1.82, 2.24) is 14.9 Å². The largest absolute Gasteiger partial charge is 0.379 e. The zero-order chi connectivity index (χ0) is 21.0. The quantitative estimate of drug-likeness (QED) is 0.589. The molecule has 1 aliphatic heterocycles. The molecule has 1 aromatic carbocycles. The van der Waals surface area contributed by atoms with Gasteiger partial charge >= 0.3 is 0 Å². The molecular formula is C27H33N3O. The lowest BCUT2D eigenvalue weighted by Crippen LogP contribution is -2.57. The summed E-state index contributed by atoms with van der Waals surface area (Å²) in [7, 11) is 0. The molecule has 2 aromatic heterocycles. The van der Waals surface area contributed by atoms with Gasteiger partial charge < -0.3 is 9.72 Å². The van der Waals surface area contributed by atoms with E-state index in [1.807, 2.05) is 6.20 Å². The van der Waals surface area contributed by atoms with Crippen LogP contribution in [0.5, 0.6) is 0 Å². The Morgan fingerprint density at radius 2 is 1.97 bits per heavy atom. The van der Waals surface area contributed by atoms with E-state index in [4.69, 9.17) is 9.72 Å². The summed E-state index contributed by atoms with van der Waals surface area (Å²) in [5.74, 6) is 2.50. The van der Waals surface area contributed by atoms with Gasteiger partial charge in [0.1, 0.15) is 0 Å². The van der Waals surface area contributed by atoms with Crippen LogP contribution in [0.15, 0.2) is 42.6 Å². The highest BCUT2D eigenvalue weighted by Gasteiger charge is 2.61. The first-order valence-corrected chi connectivity index (χ1v) is 12.0. The summed E-state index contributed by atoms with van der Waals surface area (Å²) in [5, 5.41) is 1.22. The van der Waals surface area contributed by atoms with Crippen molar-refractivity contribution < 1.29 is 4.74 Å². The van der Waals surface area contributed by atoms with Crippen LogP contribution >= 0.6 is 0 Å². The topological polar surface area (TPSA) is 41.2 Å². The monoisotopic (exact) mass is 415 g/mol. The predicted octanol–water partition coefficient (Wildman–Crippen LogP) is 5.60. The molecule has 3 fully saturated rings. The summed E-state index contributed by atoms with van der Waals surface area (Å²) in [5.41, 5.74) is 6.84. The van der Waals surface area contributed by atoms with Crippen LogP contribution in [0.25, 0.3) is 22.2 Å². The van der Waals surface area contributed by atoms with Crippen LogP contribution < -0.4 is 0 Å². The van der Waals surface area contributed by atoms with Crippen LogP contribution in [0.4, 0.5) is 0 Å². The van der Waals surface area contributed by atoms with Crippen LogP contribution in [0.3, 0.4) is 0 Å². The molecule has 1 N–H and O–H groups in total. The van der Waals surface area contributed by atoms with Crippen molar-refractivity contribution in [2.75, 3.05) is 26.3 Å². The van der Waals surface area contributed by atoms with E-state index >= 15 is 0 Å². The average Bonchev–Trinajstić information content (AvgIpc) is 3.18. The van der Waals surface area contributed by atoms with Crippen LogP contribution in [0, 0.1) is 17.3 Å². The molecule has 3 atom stereocenters. The Labute approximate surface area is 185 Å². The van der Waals surface area contributed by atoms with Gasteiger partial charge in [-0.25, -0.2) is 0 Å². The molecule has 162 valence electrons. The number of hydrogen-bond donors (Lipinski definition) is 1. The molecule has 0 radical (unpaired) electrons. The lowest BCUT2D eigenvalue weighted by molar-refractivity contribution is -0.138. The van der Waals surface area contributed by atoms with Crippen molar-refractivity contribution >= 4 is 10.9 Å². The van der Waals surface area contributed by atoms with Gasteiger partial charge in [0.2, 0.25) is 0 Å². The van der Waals surface area contributed by atoms with E-state index in [0.717, 1.165) is 56.3 Å². The van der Waals surface area contributed by atoms with Crippen molar-refractivity contribution in [2.24, 2.45) is 17.3 Å². The highest BCUT2D eigenvalue weighted by molar-refractivity contribution is 5.93. The molecule has 0 spiro atoms. The van der Waals surface area contributed by atoms with E-state index in [9.17, 15) is 0 Å². The summed E-state index contributed by atoms with van der Waals surface area (Å²) in [6, 6.07) is 13.7. The van der Waals surface area contributed by atoms with Crippen LogP contribution in [-0.2, 0) is 11.3 Å². The minimum atomic E-state index is 0.578. The fourth-order valence-corrected chi connectivity index (χ4v) is 6.73. The predicted molar refractivity (Wildman–Crippen MR) is 125 cm³/mol. The fourth-order valence-electron chi connectivity index (χ4n) is 6.73. The highest BCUT2D eigenvalue weighted by Crippen LogP contribution is 2.71. The van der Waals surface area contributed by atoms with Gasteiger partial charge in [-0.1, -0.05) is 38.1 Å². The molecule has 0 amide bonds. The summed E-state index contributed by atoms with van der Waals surface area (Å²) >= 11 is 0. The molecule has 6 rings (SSSR count). The maximum Gasteiger partial charge on any atom is 0.0795 e. The first kappa shape index (κ1) is 19.5. The Morgan fingerprint density at radius 1 is 1.16 bits per heavy atom. The molecule has 4 nitrogen and oxygen atoms in total. The number of ether oxygens (including phenoxy) is 1. The van der Waals surface area contributed by atoms with E-state index in [1.54, 1.807) is 0 Å². The molecule has 3 aliphatic rings. The number of nitrogens with one attached hydrogen (secondary N) is 1. The molecule has 1 saturated heterocycles. The Hall–Kier alpha value is -2.17. The smallest absolute Gasteiger partial charge is 0.0795 e. The lowest BCUT2D eigenvalue weighted by atomic mass is 9.37. The minimum Gasteiger partial charge on any atom is -0.379 e. The van der Waals surface area contributed by atoms with Crippen molar-refractivity contribution in [3.05, 3.63) is 53.9 Å². The normalized spacial score (nSPS) is 28.4. The molecule has 2 aliphatic carbocycles. The van der Waals surface area contributed by atoms with Gasteiger partial charge in [-0.05, 0) is 60.1 Å². The van der Waals surface area contributed by atoms with Crippen molar-refractivity contribution in [1.29, 1.82) is 0 Å². The number of pyridine rings is 1. The standard InChI is InChI=1S/C27H33N3O/c1-18(2)27-9-7-21(27)15-24(27)19-3-5-20(6-4-19)26-23-16-22(29-25(23)8-10-28-26)17-30-11-13-31-14-12-30/h3-6,8,10,16,18,21,24,29H,7,9,11-15,17H2,1-2H3. The molecule has 4 heteroatoms. The third-order valence-corrected chi connectivity index (χ3v) is 8.62. The number of benzene rings is 1. The van der Waals surface area contributed by atoms with Crippen molar-refractivity contribution in [3.63, 3.8) is 0 Å². The summed E-state index contributed by atoms with van der Waals surface area (Å²) in [6.07, 6.45) is 6.17. The number of nitrogens with zero attached hydrogens (tertiary/aromatic N) is 2. The first-order chi connectivity index (χ1) is 15.1. The summed E-state index contributed by atoms with van der Waals surface area (Å²) in [4.78, 5) is 10.8. The number of hydrogen-bond acceptors (Lipinski definition) is 3. The van der Waals surface area contributed by atoms with Gasteiger partial charge in [0, 0.05) is 48.0 Å². The maximum atomic E-state index is 5.49. The fraction of sp³-hybridized carbons (Fsp3) is 0.519. The summed E-state index contributed by atoms with van der Waals surface area (Å²) in [6.45, 7) is 9.47. The average molecular weight is 416 g/mol. The van der Waals surface area contributed by atoms with E-state index in [0.29, 0.717) is 5.41 Å². The second-order valence-electron chi connectivity index (χ2n) is 10.2. The van der Waals surface area contributed by atoms with E-state index in [2.05, 4.69) is 60.1 Å². The molecule has 0 bridgehead atoms. The molecular weight excluding hydrogens is 382 g/mol. The highest BCUT2D eigenvalue weighted by atomic mass is 16.5. The SMILES string of the molecule is CC(C)C12CCC1CC2c1ccc(-c2nccc3[nH]c(CN4CCOCC4)cc23)cc1. The van der Waals surface area contributed by atoms with Gasteiger partial charge in [0.05, 0.1) is 18.9 Å². The number of aromatic nitrogens is 2. The second kappa shape index (κ2) is 7.46. The van der Waals surface area contributed by atoms with Gasteiger partial charge in [-0.2, -0.15) is 0 Å². The van der Waals surface area contributed by atoms with Gasteiger partial charge in [-0.15, -0.1) is 0 Å². The van der Waals surface area contributed by atoms with Crippen molar-refractivity contribution in [2.45, 2.75) is 45.6 Å². The van der Waals surface area contributed by atoms with Crippen LogP contribution in [0.2, 0.25) is 0 Å². The second-order valence-corrected chi connectivity index (χ2v) is 10.2. The van der Waals surface area contributed by atoms with E-state index in [1.165, 1.54) is 47.0 Å². The van der Waals surface area contributed by atoms with E-state index in [-0.39, 0.29) is 0 Å². The Kier molecular flexibility index (Phi) is 4.69. The number of fused-ring (bicyclic) bond motifs is 2. The molecule has 3 heterocycles. The van der Waals surface area contributed by atoms with Crippen molar-refractivity contribution in [3.8, 4) is 11.3 Å². The maximum absolute atomic E-state index is 5.49. The van der Waals surface area contributed by atoms with Crippen LogP contribution in [0.1, 0.15) is 50.3 Å². The Bertz CT molecular complexity index is 1080. The van der Waals surface area contributed by atoms with E-state index < -0.39 is 0 Å². The molecule has 3 unspecified atom stereocenters. The molecule has 31 heavy (non-hydrogen) atoms. The van der Waals surface area contributed by atoms with Gasteiger partial charge in [0.25, 0.3) is 0 Å². The Morgan fingerprint density at radius 3 is 2.65 bits per heavy atom. The lowest BCUT2D eigenvalue weighted by Gasteiger charge is -2.67. The molecule has 3 aromatic rings. The number of morpholine rings is 1. The number of aromatic amines is 1. The minimum absolute atomic E-state index is 0.578. The van der Waals surface area contributed by atoms with Crippen LogP contribution in [-0.4, -0.2) is 41.2 Å². The first-order valence-electron chi connectivity index (χ1n) is 12.0. The third kappa shape index (κ3) is 3.07. The molecule has 2 saturated carbocycles. The zero-order valence-electron chi connectivity index (χ0n) is 18.7. The Balaban J connectivity index is 1.26. The zero-order valence-corrected chi connectivity index (χ0v) is 18.7. The third-order valence-electron chi connectivity index (χ3n) is 8.62. The number of H-pyrrole nitrogens is 1. The van der Waals surface area contributed by atoms with Gasteiger partial charge in [0.15, 0.2) is 0 Å².